The molecule has 0 saturated carbocycles. The summed E-state index contributed by atoms with van der Waals surface area (Å²) in [6, 6.07) is 18.3. The highest BCUT2D eigenvalue weighted by Crippen LogP contribution is 2.16. The third kappa shape index (κ3) is 5.84. The molecule has 1 fully saturated rings. The molecule has 1 aliphatic heterocycles. The van der Waals surface area contributed by atoms with Gasteiger partial charge in [0.1, 0.15) is 11.7 Å². The fraction of sp³-hybridized carbons (Fsp3) is 0.333. The number of hydrogen-bond donors (Lipinski definition) is 3. The Morgan fingerprint density at radius 3 is 2.46 bits per heavy atom. The molecular weight excluding hydrogens is 444 g/mol. The molecule has 0 bridgehead atoms. The number of para-hydroxylation sites is 1. The molecule has 1 aromatic heterocycles. The summed E-state index contributed by atoms with van der Waals surface area (Å²) in [5.41, 5.74) is 1.45. The molecule has 0 radical (unpaired) electrons. The number of β-amino-alcohol motifs (C(OH)–C–C–N with tert-alkyl or cyclic N) is 1. The highest BCUT2D eigenvalue weighted by molar-refractivity contribution is 5.98. The minimum absolute atomic E-state index is 0.126. The molecule has 0 spiro atoms. The quantitative estimate of drug-likeness (QED) is 0.487. The van der Waals surface area contributed by atoms with Gasteiger partial charge in [-0.05, 0) is 36.6 Å². The van der Waals surface area contributed by atoms with Crippen molar-refractivity contribution in [1.29, 1.82) is 0 Å². The first-order valence-corrected chi connectivity index (χ1v) is 11.8. The summed E-state index contributed by atoms with van der Waals surface area (Å²) in [7, 11) is 0. The Bertz CT molecular complexity index is 1210. The molecule has 8 heteroatoms. The number of amides is 3. The monoisotopic (exact) mass is 474 g/mol. The van der Waals surface area contributed by atoms with E-state index in [1.165, 1.54) is 4.90 Å². The van der Waals surface area contributed by atoms with Crippen LogP contribution >= 0.6 is 0 Å². The topological polar surface area (TPSA) is 112 Å². The molecule has 3 atom stereocenters. The van der Waals surface area contributed by atoms with Crippen LogP contribution in [0.3, 0.4) is 0 Å². The van der Waals surface area contributed by atoms with Gasteiger partial charge < -0.3 is 20.6 Å². The van der Waals surface area contributed by atoms with E-state index in [9.17, 15) is 19.5 Å². The number of hydrogen-bond acceptors (Lipinski definition) is 5. The number of likely N-dealkylation sites (tertiary alicyclic amines) is 1. The van der Waals surface area contributed by atoms with Gasteiger partial charge in [-0.1, -0.05) is 56.3 Å². The van der Waals surface area contributed by atoms with Crippen LogP contribution in [0.25, 0.3) is 10.9 Å². The lowest BCUT2D eigenvalue weighted by Gasteiger charge is -2.23. The Morgan fingerprint density at radius 2 is 1.71 bits per heavy atom. The second-order valence-electron chi connectivity index (χ2n) is 9.30. The second kappa shape index (κ2) is 10.7. The lowest BCUT2D eigenvalue weighted by atomic mass is 10.0. The molecule has 35 heavy (non-hydrogen) atoms. The first-order chi connectivity index (χ1) is 16.8. The Kier molecular flexibility index (Phi) is 7.41. The number of benzene rings is 2. The molecule has 4 rings (SSSR count). The molecule has 0 aliphatic carbocycles. The maximum atomic E-state index is 13.1. The Balaban J connectivity index is 1.42. The number of nitrogens with one attached hydrogen (secondary N) is 2. The zero-order chi connectivity index (χ0) is 24.9. The van der Waals surface area contributed by atoms with Crippen molar-refractivity contribution in [1.82, 2.24) is 20.5 Å². The van der Waals surface area contributed by atoms with Crippen molar-refractivity contribution in [2.24, 2.45) is 5.92 Å². The average Bonchev–Trinajstić information content (AvgIpc) is 3.22. The van der Waals surface area contributed by atoms with E-state index < -0.39 is 30.0 Å². The highest BCUT2D eigenvalue weighted by Gasteiger charge is 2.36. The predicted molar refractivity (Wildman–Crippen MR) is 133 cm³/mol. The van der Waals surface area contributed by atoms with Crippen molar-refractivity contribution < 1.29 is 19.5 Å². The minimum atomic E-state index is -0.899. The molecular formula is C27H30N4O4. The van der Waals surface area contributed by atoms with Gasteiger partial charge in [0.2, 0.25) is 5.91 Å². The minimum Gasteiger partial charge on any atom is -0.389 e. The number of fused-ring (bicyclic) bond motifs is 1. The van der Waals surface area contributed by atoms with Crippen LogP contribution in [0.1, 0.15) is 41.1 Å². The molecule has 2 aromatic carbocycles. The van der Waals surface area contributed by atoms with Gasteiger partial charge >= 0.3 is 0 Å². The number of rotatable bonds is 7. The summed E-state index contributed by atoms with van der Waals surface area (Å²) in [6.45, 7) is 4.24. The van der Waals surface area contributed by atoms with Gasteiger partial charge in [-0.25, -0.2) is 4.98 Å². The zero-order valence-corrected chi connectivity index (χ0v) is 19.8. The Labute approximate surface area is 204 Å². The first kappa shape index (κ1) is 24.3. The summed E-state index contributed by atoms with van der Waals surface area (Å²) in [6.07, 6.45) is -0.482. The number of carbonyl (C=O) groups is 3. The molecule has 2 heterocycles. The van der Waals surface area contributed by atoms with Crippen LogP contribution in [0.4, 0.5) is 0 Å². The predicted octanol–water partition coefficient (Wildman–Crippen LogP) is 2.38. The zero-order valence-electron chi connectivity index (χ0n) is 19.8. The standard InChI is InChI=1S/C27H30N4O4/c1-17(2)14-22(29-25(33)21-13-12-18-8-6-7-11-20(18)28-21)26(34)30-23-15-31(16-24(23)32)27(35)19-9-4-3-5-10-19/h3-13,17,22-24,32H,14-16H2,1-2H3,(H,29,33)(H,30,34)/t22-,23?,24?/m0/s1. The van der Waals surface area contributed by atoms with Crippen LogP contribution in [0, 0.1) is 5.92 Å². The maximum absolute atomic E-state index is 13.1. The summed E-state index contributed by atoms with van der Waals surface area (Å²) in [5.74, 6) is -0.897. The number of carbonyl (C=O) groups excluding carboxylic acids is 3. The number of pyridine rings is 1. The lowest BCUT2D eigenvalue weighted by molar-refractivity contribution is -0.124. The maximum Gasteiger partial charge on any atom is 0.270 e. The van der Waals surface area contributed by atoms with Crippen molar-refractivity contribution >= 4 is 28.6 Å². The SMILES string of the molecule is CC(C)C[C@H](NC(=O)c1ccc2ccccc2n1)C(=O)NC1CN(C(=O)c2ccccc2)CC1O. The van der Waals surface area contributed by atoms with E-state index in [1.54, 1.807) is 30.3 Å². The number of aromatic nitrogens is 1. The molecule has 3 amide bonds. The van der Waals surface area contributed by atoms with Crippen molar-refractivity contribution in [3.63, 3.8) is 0 Å². The summed E-state index contributed by atoms with van der Waals surface area (Å²) in [4.78, 5) is 44.8. The van der Waals surface area contributed by atoms with Crippen LogP contribution < -0.4 is 10.6 Å². The highest BCUT2D eigenvalue weighted by atomic mass is 16.3. The van der Waals surface area contributed by atoms with Crippen molar-refractivity contribution in [2.75, 3.05) is 13.1 Å². The number of nitrogens with zero attached hydrogens (tertiary/aromatic N) is 2. The fourth-order valence-electron chi connectivity index (χ4n) is 4.27. The van der Waals surface area contributed by atoms with Gasteiger partial charge in [0.05, 0.1) is 17.7 Å². The van der Waals surface area contributed by atoms with Crippen LogP contribution in [0.15, 0.2) is 66.7 Å². The molecule has 1 saturated heterocycles. The summed E-state index contributed by atoms with van der Waals surface area (Å²) in [5, 5.41) is 17.1. The van der Waals surface area contributed by atoms with E-state index >= 15 is 0 Å². The molecule has 3 aromatic rings. The van der Waals surface area contributed by atoms with Crippen LogP contribution in [0.2, 0.25) is 0 Å². The smallest absolute Gasteiger partial charge is 0.270 e. The van der Waals surface area contributed by atoms with E-state index in [1.807, 2.05) is 50.2 Å². The third-order valence-electron chi connectivity index (χ3n) is 6.08. The Morgan fingerprint density at radius 1 is 1.00 bits per heavy atom. The van der Waals surface area contributed by atoms with Gasteiger partial charge in [0, 0.05) is 24.0 Å². The average molecular weight is 475 g/mol. The molecule has 2 unspecified atom stereocenters. The molecule has 3 N–H and O–H groups in total. The lowest BCUT2D eigenvalue weighted by Crippen LogP contribution is -2.53. The van der Waals surface area contributed by atoms with E-state index in [2.05, 4.69) is 15.6 Å². The molecule has 8 nitrogen and oxygen atoms in total. The van der Waals surface area contributed by atoms with E-state index in [4.69, 9.17) is 0 Å². The van der Waals surface area contributed by atoms with Crippen LogP contribution in [-0.4, -0.2) is 64.0 Å². The number of aliphatic hydroxyl groups excluding tert-OH is 1. The van der Waals surface area contributed by atoms with Crippen molar-refractivity contribution in [3.05, 3.63) is 78.0 Å². The summed E-state index contributed by atoms with van der Waals surface area (Å²) < 4.78 is 0. The second-order valence-corrected chi connectivity index (χ2v) is 9.30. The van der Waals surface area contributed by atoms with E-state index in [0.717, 1.165) is 5.39 Å². The summed E-state index contributed by atoms with van der Waals surface area (Å²) >= 11 is 0. The van der Waals surface area contributed by atoms with Gasteiger partial charge in [0.25, 0.3) is 11.8 Å². The van der Waals surface area contributed by atoms with Gasteiger partial charge in [-0.2, -0.15) is 0 Å². The first-order valence-electron chi connectivity index (χ1n) is 11.8. The van der Waals surface area contributed by atoms with Gasteiger partial charge in [0.15, 0.2) is 0 Å². The van der Waals surface area contributed by atoms with E-state index in [-0.39, 0.29) is 30.6 Å². The van der Waals surface area contributed by atoms with Gasteiger partial charge in [-0.3, -0.25) is 14.4 Å². The van der Waals surface area contributed by atoms with Gasteiger partial charge in [-0.15, -0.1) is 0 Å². The molecule has 1 aliphatic rings. The van der Waals surface area contributed by atoms with Crippen LogP contribution in [0.5, 0.6) is 0 Å². The Hall–Kier alpha value is -3.78. The third-order valence-corrected chi connectivity index (χ3v) is 6.08. The van der Waals surface area contributed by atoms with Crippen molar-refractivity contribution in [2.45, 2.75) is 38.5 Å². The fourth-order valence-corrected chi connectivity index (χ4v) is 4.27. The molecule has 182 valence electrons. The van der Waals surface area contributed by atoms with Crippen LogP contribution in [-0.2, 0) is 4.79 Å². The normalized spacial score (nSPS) is 18.5. The largest absolute Gasteiger partial charge is 0.389 e. The van der Waals surface area contributed by atoms with E-state index in [0.29, 0.717) is 17.5 Å². The van der Waals surface area contributed by atoms with Crippen molar-refractivity contribution in [3.8, 4) is 0 Å². The number of aliphatic hydroxyl groups is 1.